The first-order valence-electron chi connectivity index (χ1n) is 14.0. The molecule has 3 N–H and O–H groups in total. The number of benzene rings is 2. The summed E-state index contributed by atoms with van der Waals surface area (Å²) in [4.78, 5) is 20.4. The topological polar surface area (TPSA) is 106 Å². The lowest BCUT2D eigenvalue weighted by atomic mass is 9.84. The summed E-state index contributed by atoms with van der Waals surface area (Å²) in [6, 6.07) is 10.9. The van der Waals surface area contributed by atoms with Crippen molar-refractivity contribution < 1.29 is 18.3 Å². The fourth-order valence-corrected chi connectivity index (χ4v) is 7.12. The minimum atomic E-state index is -3.35. The molecule has 0 radical (unpaired) electrons. The molecule has 220 valence electrons. The van der Waals surface area contributed by atoms with Crippen molar-refractivity contribution in [3.05, 3.63) is 69.8 Å². The van der Waals surface area contributed by atoms with E-state index in [0.29, 0.717) is 40.7 Å². The zero-order chi connectivity index (χ0) is 29.1. The summed E-state index contributed by atoms with van der Waals surface area (Å²) in [5, 5.41) is 12.3. The van der Waals surface area contributed by atoms with Crippen molar-refractivity contribution in [2.24, 2.45) is 5.92 Å². The highest BCUT2D eigenvalue weighted by Gasteiger charge is 2.34. The summed E-state index contributed by atoms with van der Waals surface area (Å²) in [5.41, 5.74) is 3.58. The largest absolute Gasteiger partial charge is 0.395 e. The number of H-pyrrole nitrogens is 1. The SMILES string of the molecule is CS(=O)(=O)Nc1ccc2[nH]cc(C3CCN(C(CO)C4CCN(C(=O)/C=C/c5ccc(Cl)c(Cl)c5)CC4)CC3)c2c1. The average molecular weight is 620 g/mol. The number of anilines is 1. The van der Waals surface area contributed by atoms with Gasteiger partial charge in [0.15, 0.2) is 0 Å². The zero-order valence-corrected chi connectivity index (χ0v) is 25.4. The number of rotatable bonds is 8. The molecule has 8 nitrogen and oxygen atoms in total. The number of fused-ring (bicyclic) bond motifs is 1. The van der Waals surface area contributed by atoms with Crippen LogP contribution in [0, 0.1) is 5.92 Å². The highest BCUT2D eigenvalue weighted by Crippen LogP contribution is 2.36. The van der Waals surface area contributed by atoms with E-state index in [9.17, 15) is 18.3 Å². The maximum absolute atomic E-state index is 12.8. The number of aliphatic hydroxyl groups excluding tert-OH is 1. The molecule has 1 unspecified atom stereocenters. The highest BCUT2D eigenvalue weighted by molar-refractivity contribution is 7.92. The monoisotopic (exact) mass is 618 g/mol. The minimum absolute atomic E-state index is 0.0236. The van der Waals surface area contributed by atoms with E-state index in [1.165, 1.54) is 5.56 Å². The molecule has 2 aliphatic heterocycles. The van der Waals surface area contributed by atoms with E-state index >= 15 is 0 Å². The Bertz CT molecular complexity index is 1520. The number of hydrogen-bond acceptors (Lipinski definition) is 5. The summed E-state index contributed by atoms with van der Waals surface area (Å²) < 4.78 is 26.0. The maximum atomic E-state index is 12.8. The van der Waals surface area contributed by atoms with E-state index in [2.05, 4.69) is 14.6 Å². The van der Waals surface area contributed by atoms with Gasteiger partial charge in [0.2, 0.25) is 15.9 Å². The van der Waals surface area contributed by atoms with Gasteiger partial charge >= 0.3 is 0 Å². The molecule has 1 amide bonds. The second-order valence-electron chi connectivity index (χ2n) is 11.1. The Balaban J connectivity index is 1.15. The molecule has 1 atom stereocenters. The lowest BCUT2D eigenvalue weighted by molar-refractivity contribution is -0.127. The first-order chi connectivity index (χ1) is 19.6. The Morgan fingerprint density at radius 3 is 2.46 bits per heavy atom. The number of piperidine rings is 2. The van der Waals surface area contributed by atoms with E-state index in [0.717, 1.165) is 61.5 Å². The van der Waals surface area contributed by atoms with Crippen LogP contribution in [0.5, 0.6) is 0 Å². The predicted molar refractivity (Wildman–Crippen MR) is 166 cm³/mol. The first kappa shape index (κ1) is 29.9. The van der Waals surface area contributed by atoms with Crippen LogP contribution in [0.15, 0.2) is 48.7 Å². The molecule has 2 saturated heterocycles. The van der Waals surface area contributed by atoms with Crippen molar-refractivity contribution in [2.75, 3.05) is 43.8 Å². The number of nitrogens with zero attached hydrogens (tertiary/aromatic N) is 2. The van der Waals surface area contributed by atoms with Crippen molar-refractivity contribution in [2.45, 2.75) is 37.6 Å². The second kappa shape index (κ2) is 12.8. The van der Waals surface area contributed by atoms with Gasteiger partial charge < -0.3 is 15.0 Å². The van der Waals surface area contributed by atoms with Crippen LogP contribution in [0.1, 0.15) is 42.7 Å². The summed E-state index contributed by atoms with van der Waals surface area (Å²) in [5.74, 6) is 0.663. The van der Waals surface area contributed by atoms with E-state index < -0.39 is 10.0 Å². The van der Waals surface area contributed by atoms with Crippen molar-refractivity contribution in [1.82, 2.24) is 14.8 Å². The number of aromatic nitrogens is 1. The van der Waals surface area contributed by atoms with E-state index in [4.69, 9.17) is 23.2 Å². The van der Waals surface area contributed by atoms with Crippen LogP contribution in [0.3, 0.4) is 0 Å². The van der Waals surface area contributed by atoms with Crippen LogP contribution in [-0.4, -0.2) is 79.3 Å². The molecule has 0 spiro atoms. The van der Waals surface area contributed by atoms with E-state index in [1.807, 2.05) is 29.3 Å². The van der Waals surface area contributed by atoms with Crippen LogP contribution in [0.2, 0.25) is 10.0 Å². The third-order valence-electron chi connectivity index (χ3n) is 8.40. The standard InChI is InChI=1S/C30H36Cl2N4O4S/c1-41(39,40)34-23-4-6-28-24(17-23)25(18-33-28)21-8-12-35(13-9-21)29(19-37)22-10-14-36(15-11-22)30(38)7-3-20-2-5-26(31)27(32)16-20/h2-7,16-18,21-22,29,33-34,37H,8-15,19H2,1H3/b7-3+. The van der Waals surface area contributed by atoms with Gasteiger partial charge in [0.25, 0.3) is 0 Å². The Hall–Kier alpha value is -2.56. The van der Waals surface area contributed by atoms with E-state index in [1.54, 1.807) is 30.4 Å². The fourth-order valence-electron chi connectivity index (χ4n) is 6.26. The number of nitrogens with one attached hydrogen (secondary N) is 2. The van der Waals surface area contributed by atoms with Crippen molar-refractivity contribution in [3.63, 3.8) is 0 Å². The number of aromatic amines is 1. The number of aliphatic hydroxyl groups is 1. The van der Waals surface area contributed by atoms with Crippen LogP contribution in [-0.2, 0) is 14.8 Å². The van der Waals surface area contributed by atoms with Crippen molar-refractivity contribution in [1.29, 1.82) is 0 Å². The molecule has 2 aromatic carbocycles. The van der Waals surface area contributed by atoms with Gasteiger partial charge in [0.05, 0.1) is 22.9 Å². The van der Waals surface area contributed by atoms with Gasteiger partial charge in [-0.1, -0.05) is 29.3 Å². The third kappa shape index (κ3) is 7.27. The molecule has 2 aliphatic rings. The summed E-state index contributed by atoms with van der Waals surface area (Å²) in [6.45, 7) is 3.21. The Morgan fingerprint density at radius 2 is 1.80 bits per heavy atom. The van der Waals surface area contributed by atoms with Crippen LogP contribution in [0.4, 0.5) is 5.69 Å². The third-order valence-corrected chi connectivity index (χ3v) is 9.75. The van der Waals surface area contributed by atoms with Crippen LogP contribution in [0.25, 0.3) is 17.0 Å². The van der Waals surface area contributed by atoms with Gasteiger partial charge in [-0.2, -0.15) is 0 Å². The lowest BCUT2D eigenvalue weighted by Crippen LogP contribution is -2.50. The lowest BCUT2D eigenvalue weighted by Gasteiger charge is -2.43. The number of likely N-dealkylation sites (tertiary alicyclic amines) is 2. The molecule has 1 aromatic heterocycles. The summed E-state index contributed by atoms with van der Waals surface area (Å²) in [7, 11) is -3.35. The average Bonchev–Trinajstić information content (AvgIpc) is 3.37. The van der Waals surface area contributed by atoms with Gasteiger partial charge in [-0.3, -0.25) is 14.4 Å². The molecule has 0 bridgehead atoms. The normalized spacial score (nSPS) is 18.8. The Labute approximate surface area is 251 Å². The van der Waals surface area contributed by atoms with Crippen LogP contribution < -0.4 is 4.72 Å². The number of halogens is 2. The quantitative estimate of drug-likeness (QED) is 0.296. The summed E-state index contributed by atoms with van der Waals surface area (Å²) >= 11 is 12.0. The molecule has 5 rings (SSSR count). The predicted octanol–water partition coefficient (Wildman–Crippen LogP) is 5.34. The molecule has 3 aromatic rings. The maximum Gasteiger partial charge on any atom is 0.246 e. The molecule has 0 aliphatic carbocycles. The number of carbonyl (C=O) groups is 1. The Kier molecular flexibility index (Phi) is 9.30. The smallest absolute Gasteiger partial charge is 0.246 e. The molecule has 2 fully saturated rings. The number of sulfonamides is 1. The zero-order valence-electron chi connectivity index (χ0n) is 23.0. The molecule has 11 heteroatoms. The van der Waals surface area contributed by atoms with Gasteiger partial charge in [-0.05, 0) is 98.1 Å². The van der Waals surface area contributed by atoms with Gasteiger partial charge in [-0.15, -0.1) is 0 Å². The van der Waals surface area contributed by atoms with Crippen molar-refractivity contribution in [3.8, 4) is 0 Å². The molecule has 3 heterocycles. The van der Waals surface area contributed by atoms with Gasteiger partial charge in [0, 0.05) is 48.0 Å². The minimum Gasteiger partial charge on any atom is -0.395 e. The molecular formula is C30H36Cl2N4O4S. The van der Waals surface area contributed by atoms with E-state index in [-0.39, 0.29) is 18.6 Å². The van der Waals surface area contributed by atoms with Crippen LogP contribution >= 0.6 is 23.2 Å². The molecule has 41 heavy (non-hydrogen) atoms. The number of hydrogen-bond donors (Lipinski definition) is 3. The molecule has 0 saturated carbocycles. The Morgan fingerprint density at radius 1 is 1.07 bits per heavy atom. The van der Waals surface area contributed by atoms with Gasteiger partial charge in [0.1, 0.15) is 0 Å². The number of carbonyl (C=O) groups excluding carboxylic acids is 1. The second-order valence-corrected chi connectivity index (χ2v) is 13.7. The first-order valence-corrected chi connectivity index (χ1v) is 16.6. The highest BCUT2D eigenvalue weighted by atomic mass is 35.5. The number of amides is 1. The fraction of sp³-hybridized carbons (Fsp3) is 0.433. The molecular weight excluding hydrogens is 583 g/mol. The summed E-state index contributed by atoms with van der Waals surface area (Å²) in [6.07, 6.45) is 10.2. The van der Waals surface area contributed by atoms with Crippen molar-refractivity contribution >= 4 is 61.8 Å². The van der Waals surface area contributed by atoms with Gasteiger partial charge in [-0.25, -0.2) is 8.42 Å².